The molecule has 0 radical (unpaired) electrons. The van der Waals surface area contributed by atoms with E-state index in [2.05, 4.69) is 20.2 Å². The molecule has 0 amide bonds. The fraction of sp³-hybridized carbons (Fsp3) is 0.381. The zero-order valence-corrected chi connectivity index (χ0v) is 17.3. The summed E-state index contributed by atoms with van der Waals surface area (Å²) < 4.78 is 24.9. The SMILES string of the molecule is CS(=O)(=O)Cc1cc(C2CCN(Cc3cn(-c4ccccc4)nn3)CC2)ccn1. The van der Waals surface area contributed by atoms with E-state index in [4.69, 9.17) is 0 Å². The third-order valence-corrected chi connectivity index (χ3v) is 6.08. The number of aromatic nitrogens is 4. The minimum atomic E-state index is -3.07. The van der Waals surface area contributed by atoms with Crippen LogP contribution in [0.5, 0.6) is 0 Å². The van der Waals surface area contributed by atoms with Gasteiger partial charge >= 0.3 is 0 Å². The van der Waals surface area contributed by atoms with Gasteiger partial charge in [-0.2, -0.15) is 0 Å². The molecule has 8 heteroatoms. The van der Waals surface area contributed by atoms with Crippen molar-refractivity contribution in [1.82, 2.24) is 24.9 Å². The molecule has 152 valence electrons. The molecule has 1 aliphatic rings. The van der Waals surface area contributed by atoms with Gasteiger partial charge in [0, 0.05) is 19.0 Å². The maximum atomic E-state index is 11.5. The minimum absolute atomic E-state index is 0.00322. The van der Waals surface area contributed by atoms with Gasteiger partial charge in [-0.15, -0.1) is 5.10 Å². The van der Waals surface area contributed by atoms with Crippen LogP contribution in [0.2, 0.25) is 0 Å². The van der Waals surface area contributed by atoms with Crippen molar-refractivity contribution >= 4 is 9.84 Å². The number of pyridine rings is 1. The summed E-state index contributed by atoms with van der Waals surface area (Å²) in [6.45, 7) is 2.74. The Morgan fingerprint density at radius 1 is 1.07 bits per heavy atom. The van der Waals surface area contributed by atoms with Crippen LogP contribution in [0.3, 0.4) is 0 Å². The fourth-order valence-electron chi connectivity index (χ4n) is 3.83. The maximum Gasteiger partial charge on any atom is 0.153 e. The summed E-state index contributed by atoms with van der Waals surface area (Å²) in [4.78, 5) is 6.61. The average Bonchev–Trinajstić information content (AvgIpc) is 3.17. The van der Waals surface area contributed by atoms with E-state index in [1.807, 2.05) is 53.3 Å². The van der Waals surface area contributed by atoms with Crippen LogP contribution >= 0.6 is 0 Å². The zero-order chi connectivity index (χ0) is 20.3. The zero-order valence-electron chi connectivity index (χ0n) is 16.5. The number of para-hydroxylation sites is 1. The van der Waals surface area contributed by atoms with E-state index in [9.17, 15) is 8.42 Å². The van der Waals surface area contributed by atoms with Crippen molar-refractivity contribution in [1.29, 1.82) is 0 Å². The van der Waals surface area contributed by atoms with Gasteiger partial charge in [-0.3, -0.25) is 9.88 Å². The van der Waals surface area contributed by atoms with Gasteiger partial charge in [0.15, 0.2) is 9.84 Å². The number of piperidine rings is 1. The van der Waals surface area contributed by atoms with Gasteiger partial charge in [-0.05, 0) is 61.7 Å². The Hall–Kier alpha value is -2.58. The van der Waals surface area contributed by atoms with Crippen LogP contribution in [0.1, 0.15) is 35.7 Å². The number of benzene rings is 1. The molecule has 0 atom stereocenters. The van der Waals surface area contributed by atoms with Gasteiger partial charge < -0.3 is 0 Å². The first-order valence-electron chi connectivity index (χ1n) is 9.78. The smallest absolute Gasteiger partial charge is 0.153 e. The van der Waals surface area contributed by atoms with Crippen molar-refractivity contribution in [2.24, 2.45) is 0 Å². The summed E-state index contributed by atoms with van der Waals surface area (Å²) in [5.41, 5.74) is 3.79. The fourth-order valence-corrected chi connectivity index (χ4v) is 4.52. The van der Waals surface area contributed by atoms with E-state index in [1.54, 1.807) is 6.20 Å². The third kappa shape index (κ3) is 5.27. The highest BCUT2D eigenvalue weighted by molar-refractivity contribution is 7.89. The summed E-state index contributed by atoms with van der Waals surface area (Å²) in [5, 5.41) is 8.55. The molecule has 1 fully saturated rings. The lowest BCUT2D eigenvalue weighted by Crippen LogP contribution is -2.32. The van der Waals surface area contributed by atoms with E-state index in [0.29, 0.717) is 11.6 Å². The largest absolute Gasteiger partial charge is 0.297 e. The summed E-state index contributed by atoms with van der Waals surface area (Å²) in [7, 11) is -3.07. The van der Waals surface area contributed by atoms with E-state index >= 15 is 0 Å². The predicted molar refractivity (Wildman–Crippen MR) is 111 cm³/mol. The lowest BCUT2D eigenvalue weighted by atomic mass is 9.89. The second-order valence-electron chi connectivity index (χ2n) is 7.69. The van der Waals surface area contributed by atoms with Crippen molar-refractivity contribution in [2.75, 3.05) is 19.3 Å². The second kappa shape index (κ2) is 8.42. The molecule has 0 unspecified atom stereocenters. The van der Waals surface area contributed by atoms with Crippen LogP contribution in [-0.2, 0) is 22.1 Å². The quantitative estimate of drug-likeness (QED) is 0.620. The molecule has 0 saturated carbocycles. The molecule has 1 aromatic carbocycles. The summed E-state index contributed by atoms with van der Waals surface area (Å²) >= 11 is 0. The predicted octanol–water partition coefficient (Wildman–Crippen LogP) is 2.59. The first-order chi connectivity index (χ1) is 14.0. The van der Waals surface area contributed by atoms with Gasteiger partial charge in [-0.1, -0.05) is 23.4 Å². The van der Waals surface area contributed by atoms with Gasteiger partial charge in [0.1, 0.15) is 0 Å². The highest BCUT2D eigenvalue weighted by atomic mass is 32.2. The number of sulfone groups is 1. The van der Waals surface area contributed by atoms with Gasteiger partial charge in [0.05, 0.1) is 29.0 Å². The Kier molecular flexibility index (Phi) is 5.73. The molecule has 1 aliphatic heterocycles. The summed E-state index contributed by atoms with van der Waals surface area (Å²) in [6.07, 6.45) is 7.03. The molecule has 4 rings (SSSR count). The minimum Gasteiger partial charge on any atom is -0.297 e. The van der Waals surface area contributed by atoms with Crippen LogP contribution in [-0.4, -0.2) is 52.6 Å². The molecular weight excluding hydrogens is 386 g/mol. The molecule has 29 heavy (non-hydrogen) atoms. The highest BCUT2D eigenvalue weighted by Crippen LogP contribution is 2.29. The molecule has 2 aromatic heterocycles. The molecule has 3 heterocycles. The van der Waals surface area contributed by atoms with Crippen molar-refractivity contribution in [3.05, 3.63) is 71.8 Å². The second-order valence-corrected chi connectivity index (χ2v) is 9.83. The number of hydrogen-bond donors (Lipinski definition) is 0. The van der Waals surface area contributed by atoms with Gasteiger partial charge in [0.25, 0.3) is 0 Å². The molecule has 3 aromatic rings. The summed E-state index contributed by atoms with van der Waals surface area (Å²) in [6, 6.07) is 13.9. The van der Waals surface area contributed by atoms with E-state index in [-0.39, 0.29) is 5.75 Å². The molecule has 0 N–H and O–H groups in total. The lowest BCUT2D eigenvalue weighted by Gasteiger charge is -2.31. The number of nitrogens with zero attached hydrogens (tertiary/aromatic N) is 5. The summed E-state index contributed by atoms with van der Waals surface area (Å²) in [5.74, 6) is 0.434. The molecule has 0 aliphatic carbocycles. The van der Waals surface area contributed by atoms with Gasteiger partial charge in [0.2, 0.25) is 0 Å². The number of likely N-dealkylation sites (tertiary alicyclic amines) is 1. The molecule has 0 spiro atoms. The molecule has 7 nitrogen and oxygen atoms in total. The van der Waals surface area contributed by atoms with Crippen molar-refractivity contribution < 1.29 is 8.42 Å². The Morgan fingerprint density at radius 3 is 2.55 bits per heavy atom. The number of rotatable bonds is 6. The third-order valence-electron chi connectivity index (χ3n) is 5.26. The average molecular weight is 412 g/mol. The molecular formula is C21H25N5O2S. The normalized spacial score (nSPS) is 16.2. The first-order valence-corrected chi connectivity index (χ1v) is 11.8. The Bertz CT molecular complexity index is 1060. The Labute approximate surface area is 171 Å². The van der Waals surface area contributed by atoms with E-state index < -0.39 is 9.84 Å². The maximum absolute atomic E-state index is 11.5. The number of hydrogen-bond acceptors (Lipinski definition) is 6. The van der Waals surface area contributed by atoms with E-state index in [1.165, 1.54) is 11.8 Å². The van der Waals surface area contributed by atoms with Crippen molar-refractivity contribution in [2.45, 2.75) is 31.1 Å². The van der Waals surface area contributed by atoms with E-state index in [0.717, 1.165) is 43.9 Å². The highest BCUT2D eigenvalue weighted by Gasteiger charge is 2.22. The van der Waals surface area contributed by atoms with Crippen LogP contribution in [0.4, 0.5) is 0 Å². The Morgan fingerprint density at radius 2 is 1.83 bits per heavy atom. The molecule has 0 bridgehead atoms. The van der Waals surface area contributed by atoms with Crippen LogP contribution in [0.25, 0.3) is 5.69 Å². The van der Waals surface area contributed by atoms with Gasteiger partial charge in [-0.25, -0.2) is 13.1 Å². The van der Waals surface area contributed by atoms with Crippen LogP contribution < -0.4 is 0 Å². The van der Waals surface area contributed by atoms with Crippen molar-refractivity contribution in [3.8, 4) is 5.69 Å². The topological polar surface area (TPSA) is 81.0 Å². The Balaban J connectivity index is 1.34. The van der Waals surface area contributed by atoms with Crippen molar-refractivity contribution in [3.63, 3.8) is 0 Å². The lowest BCUT2D eigenvalue weighted by molar-refractivity contribution is 0.202. The monoisotopic (exact) mass is 411 g/mol. The van der Waals surface area contributed by atoms with Crippen LogP contribution in [0.15, 0.2) is 54.9 Å². The molecule has 1 saturated heterocycles. The standard InChI is InChI=1S/C21H25N5O2S/c1-29(27,28)16-19-13-18(7-10-22-19)17-8-11-25(12-9-17)14-20-15-26(24-23-20)21-5-3-2-4-6-21/h2-7,10,13,15,17H,8-9,11-12,14,16H2,1H3. The first kappa shape index (κ1) is 19.7. The van der Waals surface area contributed by atoms with Crippen LogP contribution in [0, 0.1) is 0 Å².